The first-order chi connectivity index (χ1) is 15.2. The van der Waals surface area contributed by atoms with E-state index in [4.69, 9.17) is 14.2 Å². The molecule has 0 aliphatic heterocycles. The lowest BCUT2D eigenvalue weighted by Crippen LogP contribution is -2.23. The number of carbonyl (C=O) groups is 1. The molecule has 0 spiro atoms. The Labute approximate surface area is 182 Å². The summed E-state index contributed by atoms with van der Waals surface area (Å²) in [6, 6.07) is 15.0. The van der Waals surface area contributed by atoms with Crippen LogP contribution in [0.3, 0.4) is 0 Å². The average molecular weight is 424 g/mol. The van der Waals surface area contributed by atoms with Gasteiger partial charge in [0.05, 0.1) is 26.0 Å². The Hall–Kier alpha value is -3.48. The molecule has 1 heterocycles. The van der Waals surface area contributed by atoms with Gasteiger partial charge in [-0.3, -0.25) is 9.89 Å². The van der Waals surface area contributed by atoms with Gasteiger partial charge in [-0.25, -0.2) is 0 Å². The predicted molar refractivity (Wildman–Crippen MR) is 120 cm³/mol. The molecule has 3 rings (SSSR count). The number of nitrogens with zero attached hydrogens (tertiary/aromatic N) is 1. The summed E-state index contributed by atoms with van der Waals surface area (Å²) in [5.41, 5.74) is 2.81. The first-order valence-corrected chi connectivity index (χ1v) is 10.5. The number of hydrogen-bond acceptors (Lipinski definition) is 5. The Kier molecular flexibility index (Phi) is 7.92. The number of benzene rings is 2. The van der Waals surface area contributed by atoms with Crippen molar-refractivity contribution in [1.29, 1.82) is 0 Å². The van der Waals surface area contributed by atoms with Crippen molar-refractivity contribution in [1.82, 2.24) is 15.5 Å². The lowest BCUT2D eigenvalue weighted by molar-refractivity contribution is 0.0946. The number of hydrogen-bond donors (Lipinski definition) is 2. The van der Waals surface area contributed by atoms with E-state index in [-0.39, 0.29) is 5.91 Å². The van der Waals surface area contributed by atoms with Crippen molar-refractivity contribution in [2.75, 3.05) is 20.3 Å². The van der Waals surface area contributed by atoms with Gasteiger partial charge in [-0.1, -0.05) is 31.5 Å². The maximum absolute atomic E-state index is 12.6. The number of carbonyl (C=O) groups excluding carboxylic acids is 1. The third kappa shape index (κ3) is 5.78. The number of para-hydroxylation sites is 1. The summed E-state index contributed by atoms with van der Waals surface area (Å²) in [5, 5.41) is 10.0. The van der Waals surface area contributed by atoms with Gasteiger partial charge in [0.25, 0.3) is 5.91 Å². The standard InChI is InChI=1S/C24H29N3O4/c1-4-6-13-31-21-10-8-7-9-18(21)19-15-20(27-26-19)24(28)25-16-17-11-12-22(29-3)23(14-17)30-5-2/h7-12,14-15H,4-6,13,16H2,1-3H3,(H,25,28)(H,26,27). The molecule has 31 heavy (non-hydrogen) atoms. The molecule has 0 saturated carbocycles. The quantitative estimate of drug-likeness (QED) is 0.441. The molecule has 2 N–H and O–H groups in total. The number of H-pyrrole nitrogens is 1. The molecule has 0 unspecified atom stereocenters. The normalized spacial score (nSPS) is 10.5. The van der Waals surface area contributed by atoms with Crippen LogP contribution in [0.25, 0.3) is 11.3 Å². The van der Waals surface area contributed by atoms with Crippen molar-refractivity contribution in [3.8, 4) is 28.5 Å². The molecule has 0 bridgehead atoms. The number of aromatic nitrogens is 2. The second kappa shape index (κ2) is 11.1. The van der Waals surface area contributed by atoms with Crippen LogP contribution < -0.4 is 19.5 Å². The summed E-state index contributed by atoms with van der Waals surface area (Å²) in [4.78, 5) is 12.6. The number of aromatic amines is 1. The van der Waals surface area contributed by atoms with E-state index in [9.17, 15) is 4.79 Å². The van der Waals surface area contributed by atoms with Crippen molar-refractivity contribution in [2.24, 2.45) is 0 Å². The second-order valence-corrected chi connectivity index (χ2v) is 6.97. The number of amides is 1. The Balaban J connectivity index is 1.67. The zero-order valence-electron chi connectivity index (χ0n) is 18.2. The number of ether oxygens (including phenoxy) is 3. The highest BCUT2D eigenvalue weighted by Crippen LogP contribution is 2.29. The Morgan fingerprint density at radius 1 is 1.03 bits per heavy atom. The minimum atomic E-state index is -0.239. The monoisotopic (exact) mass is 423 g/mol. The summed E-state index contributed by atoms with van der Waals surface area (Å²) in [7, 11) is 1.60. The van der Waals surface area contributed by atoms with Crippen LogP contribution in [-0.2, 0) is 6.54 Å². The van der Waals surface area contributed by atoms with Crippen molar-refractivity contribution in [3.63, 3.8) is 0 Å². The third-order valence-electron chi connectivity index (χ3n) is 4.72. The first kappa shape index (κ1) is 22.2. The van der Waals surface area contributed by atoms with Gasteiger partial charge in [0.1, 0.15) is 11.4 Å². The number of unbranched alkanes of at least 4 members (excludes halogenated alkanes) is 1. The molecule has 0 saturated heterocycles. The van der Waals surface area contributed by atoms with Crippen molar-refractivity contribution in [2.45, 2.75) is 33.2 Å². The maximum atomic E-state index is 12.6. The number of rotatable bonds is 11. The van der Waals surface area contributed by atoms with Gasteiger partial charge < -0.3 is 19.5 Å². The summed E-state index contributed by atoms with van der Waals surface area (Å²) in [5.74, 6) is 1.84. The average Bonchev–Trinajstić information content (AvgIpc) is 3.28. The van der Waals surface area contributed by atoms with Crippen LogP contribution in [-0.4, -0.2) is 36.4 Å². The number of nitrogens with one attached hydrogen (secondary N) is 2. The lowest BCUT2D eigenvalue weighted by Gasteiger charge is -2.11. The lowest BCUT2D eigenvalue weighted by atomic mass is 10.1. The zero-order valence-corrected chi connectivity index (χ0v) is 18.2. The molecule has 3 aromatic rings. The van der Waals surface area contributed by atoms with Crippen LogP contribution in [0.5, 0.6) is 17.2 Å². The SMILES string of the molecule is CCCCOc1ccccc1-c1cc(C(=O)NCc2ccc(OC)c(OCC)c2)[nH]n1. The topological polar surface area (TPSA) is 85.5 Å². The van der Waals surface area contributed by atoms with Gasteiger partial charge >= 0.3 is 0 Å². The van der Waals surface area contributed by atoms with Crippen molar-refractivity contribution < 1.29 is 19.0 Å². The first-order valence-electron chi connectivity index (χ1n) is 10.5. The van der Waals surface area contributed by atoms with Crippen molar-refractivity contribution in [3.05, 3.63) is 59.8 Å². The molecule has 0 fully saturated rings. The van der Waals surface area contributed by atoms with Gasteiger partial charge in [-0.15, -0.1) is 0 Å². The van der Waals surface area contributed by atoms with Crippen LogP contribution >= 0.6 is 0 Å². The van der Waals surface area contributed by atoms with E-state index >= 15 is 0 Å². The summed E-state index contributed by atoms with van der Waals surface area (Å²) < 4.78 is 16.8. The minimum absolute atomic E-state index is 0.239. The zero-order chi connectivity index (χ0) is 22.1. The predicted octanol–water partition coefficient (Wildman–Crippen LogP) is 4.59. The molecule has 1 amide bonds. The highest BCUT2D eigenvalue weighted by Gasteiger charge is 2.14. The summed E-state index contributed by atoms with van der Waals surface area (Å²) in [6.45, 7) is 5.58. The largest absolute Gasteiger partial charge is 0.493 e. The van der Waals surface area contributed by atoms with Gasteiger partial charge in [0, 0.05) is 12.1 Å². The number of methoxy groups -OCH3 is 1. The van der Waals surface area contributed by atoms with Gasteiger partial charge in [-0.05, 0) is 49.2 Å². The molecule has 7 heteroatoms. The van der Waals surface area contributed by atoms with Crippen LogP contribution in [0.15, 0.2) is 48.5 Å². The van der Waals surface area contributed by atoms with E-state index in [2.05, 4.69) is 22.4 Å². The Bertz CT molecular complexity index is 1000. The van der Waals surface area contributed by atoms with Crippen LogP contribution in [0.2, 0.25) is 0 Å². The van der Waals surface area contributed by atoms with Crippen LogP contribution in [0.4, 0.5) is 0 Å². The van der Waals surface area contributed by atoms with Crippen LogP contribution in [0, 0.1) is 0 Å². The molecule has 1 aromatic heterocycles. The molecule has 7 nitrogen and oxygen atoms in total. The van der Waals surface area contributed by atoms with E-state index in [0.29, 0.717) is 42.6 Å². The van der Waals surface area contributed by atoms with Crippen molar-refractivity contribution >= 4 is 5.91 Å². The molecular weight excluding hydrogens is 394 g/mol. The van der Waals surface area contributed by atoms with E-state index < -0.39 is 0 Å². The van der Waals surface area contributed by atoms with Gasteiger partial charge in [0.2, 0.25) is 0 Å². The van der Waals surface area contributed by atoms with Gasteiger partial charge in [-0.2, -0.15) is 5.10 Å². The fraction of sp³-hybridized carbons (Fsp3) is 0.333. The minimum Gasteiger partial charge on any atom is -0.493 e. The highest BCUT2D eigenvalue weighted by molar-refractivity contribution is 5.93. The summed E-state index contributed by atoms with van der Waals surface area (Å²) >= 11 is 0. The van der Waals surface area contributed by atoms with Crippen LogP contribution in [0.1, 0.15) is 42.7 Å². The molecule has 2 aromatic carbocycles. The highest BCUT2D eigenvalue weighted by atomic mass is 16.5. The summed E-state index contributed by atoms with van der Waals surface area (Å²) in [6.07, 6.45) is 2.05. The third-order valence-corrected chi connectivity index (χ3v) is 4.72. The smallest absolute Gasteiger partial charge is 0.269 e. The molecule has 0 atom stereocenters. The molecule has 0 aliphatic rings. The van der Waals surface area contributed by atoms with E-state index in [1.165, 1.54) is 0 Å². The second-order valence-electron chi connectivity index (χ2n) is 6.97. The fourth-order valence-corrected chi connectivity index (χ4v) is 3.08. The Morgan fingerprint density at radius 2 is 1.87 bits per heavy atom. The molecule has 0 radical (unpaired) electrons. The molecule has 0 aliphatic carbocycles. The van der Waals surface area contributed by atoms with E-state index in [0.717, 1.165) is 29.7 Å². The maximum Gasteiger partial charge on any atom is 0.269 e. The Morgan fingerprint density at radius 3 is 2.65 bits per heavy atom. The molecule has 164 valence electrons. The molecular formula is C24H29N3O4. The van der Waals surface area contributed by atoms with Gasteiger partial charge in [0.15, 0.2) is 11.5 Å². The van der Waals surface area contributed by atoms with E-state index in [1.54, 1.807) is 13.2 Å². The van der Waals surface area contributed by atoms with E-state index in [1.807, 2.05) is 49.4 Å². The fourth-order valence-electron chi connectivity index (χ4n) is 3.08.